The van der Waals surface area contributed by atoms with E-state index < -0.39 is 28.5 Å². The van der Waals surface area contributed by atoms with Crippen molar-refractivity contribution in [2.75, 3.05) is 18.0 Å². The number of hydrogen-bond acceptors (Lipinski definition) is 5. The minimum Gasteiger partial charge on any atom is -0.495 e. The lowest BCUT2D eigenvalue weighted by atomic mass is 10.1. The molecule has 230 valence electrons. The number of halogens is 3. The summed E-state index contributed by atoms with van der Waals surface area (Å²) in [5.41, 5.74) is 1.47. The van der Waals surface area contributed by atoms with Crippen LogP contribution in [0.2, 0.25) is 15.1 Å². The summed E-state index contributed by atoms with van der Waals surface area (Å²) >= 11 is 19.3. The third kappa shape index (κ3) is 7.76. The summed E-state index contributed by atoms with van der Waals surface area (Å²) in [4.78, 5) is 28.9. The lowest BCUT2D eigenvalue weighted by Gasteiger charge is -2.33. The van der Waals surface area contributed by atoms with E-state index in [0.29, 0.717) is 21.4 Å². The van der Waals surface area contributed by atoms with Crippen LogP contribution in [0.5, 0.6) is 5.75 Å². The Morgan fingerprint density at radius 3 is 2.19 bits per heavy atom. The number of nitrogens with one attached hydrogen (secondary N) is 1. The van der Waals surface area contributed by atoms with Crippen molar-refractivity contribution >= 4 is 62.3 Å². The zero-order valence-electron chi connectivity index (χ0n) is 24.1. The number of methoxy groups -OCH3 is 1. The van der Waals surface area contributed by atoms with Gasteiger partial charge in [-0.2, -0.15) is 0 Å². The van der Waals surface area contributed by atoms with Crippen LogP contribution < -0.4 is 14.4 Å². The maximum Gasteiger partial charge on any atom is 0.264 e. The summed E-state index contributed by atoms with van der Waals surface area (Å²) in [6.07, 6.45) is 3.77. The van der Waals surface area contributed by atoms with Gasteiger partial charge < -0.3 is 15.0 Å². The molecular weight excluding hydrogens is 633 g/mol. The van der Waals surface area contributed by atoms with Crippen LogP contribution in [0.25, 0.3) is 0 Å². The van der Waals surface area contributed by atoms with Crippen molar-refractivity contribution in [2.24, 2.45) is 0 Å². The highest BCUT2D eigenvalue weighted by atomic mass is 35.5. The van der Waals surface area contributed by atoms with Crippen molar-refractivity contribution in [3.63, 3.8) is 0 Å². The lowest BCUT2D eigenvalue weighted by molar-refractivity contribution is -0.139. The summed E-state index contributed by atoms with van der Waals surface area (Å²) in [6.45, 7) is 2.72. The Bertz CT molecular complexity index is 1560. The van der Waals surface area contributed by atoms with E-state index in [2.05, 4.69) is 5.32 Å². The Balaban J connectivity index is 1.74. The third-order valence-corrected chi connectivity index (χ3v) is 10.4. The number of ether oxygens (including phenoxy) is 1. The molecule has 0 unspecified atom stereocenters. The molecule has 1 aliphatic carbocycles. The minimum atomic E-state index is -4.26. The molecule has 1 N–H and O–H groups in total. The second-order valence-electron chi connectivity index (χ2n) is 10.5. The molecule has 0 spiro atoms. The molecule has 0 aromatic heterocycles. The number of aryl methyl sites for hydroxylation is 1. The van der Waals surface area contributed by atoms with Crippen molar-refractivity contribution in [3.05, 3.63) is 86.9 Å². The van der Waals surface area contributed by atoms with Gasteiger partial charge in [0.1, 0.15) is 18.3 Å². The van der Waals surface area contributed by atoms with Crippen molar-refractivity contribution < 1.29 is 22.7 Å². The first-order valence-electron chi connectivity index (χ1n) is 13.9. The Morgan fingerprint density at radius 2 is 1.60 bits per heavy atom. The number of amides is 2. The van der Waals surface area contributed by atoms with E-state index in [1.165, 1.54) is 42.3 Å². The zero-order chi connectivity index (χ0) is 31.3. The van der Waals surface area contributed by atoms with Crippen LogP contribution in [-0.2, 0) is 26.2 Å². The second kappa shape index (κ2) is 14.2. The standard InChI is InChI=1S/C31H34Cl3N3O5S/c1-20-11-14-24(15-12-20)43(40,41)37(23-13-16-29(42-3)28(34)17-23)19-30(38)36(18-25-26(32)9-6-10-27(25)33)21(2)31(39)35-22-7-4-5-8-22/h6,9-17,21-22H,4-5,7-8,18-19H2,1-3H3,(H,35,39)/t21-/m0/s1. The van der Waals surface area contributed by atoms with Gasteiger partial charge in [-0.1, -0.05) is 71.4 Å². The first kappa shape index (κ1) is 32.9. The van der Waals surface area contributed by atoms with Crippen LogP contribution in [0.3, 0.4) is 0 Å². The predicted octanol–water partition coefficient (Wildman–Crippen LogP) is 6.64. The van der Waals surface area contributed by atoms with Gasteiger partial charge in [0.25, 0.3) is 10.0 Å². The predicted molar refractivity (Wildman–Crippen MR) is 171 cm³/mol. The number of nitrogens with zero attached hydrogens (tertiary/aromatic N) is 2. The molecular formula is C31H34Cl3N3O5S. The maximum absolute atomic E-state index is 14.2. The highest BCUT2D eigenvalue weighted by Gasteiger charge is 2.34. The van der Waals surface area contributed by atoms with Crippen LogP contribution in [0.15, 0.2) is 65.6 Å². The molecule has 2 amide bonds. The van der Waals surface area contributed by atoms with E-state index in [-0.39, 0.29) is 34.1 Å². The van der Waals surface area contributed by atoms with Crippen molar-refractivity contribution in [1.82, 2.24) is 10.2 Å². The van der Waals surface area contributed by atoms with Crippen LogP contribution in [-0.4, -0.2) is 50.9 Å². The van der Waals surface area contributed by atoms with Gasteiger partial charge in [0.15, 0.2) is 0 Å². The summed E-state index contributed by atoms with van der Waals surface area (Å²) in [7, 11) is -2.81. The largest absolute Gasteiger partial charge is 0.495 e. The van der Waals surface area contributed by atoms with Crippen molar-refractivity contribution in [1.29, 1.82) is 0 Å². The van der Waals surface area contributed by atoms with E-state index in [4.69, 9.17) is 39.5 Å². The molecule has 0 bridgehead atoms. The number of carbonyl (C=O) groups excluding carboxylic acids is 2. The van der Waals surface area contributed by atoms with Gasteiger partial charge in [-0.25, -0.2) is 8.42 Å². The average Bonchev–Trinajstić information content (AvgIpc) is 3.48. The highest BCUT2D eigenvalue weighted by Crippen LogP contribution is 2.33. The van der Waals surface area contributed by atoms with E-state index in [9.17, 15) is 18.0 Å². The molecule has 0 radical (unpaired) electrons. The molecule has 1 fully saturated rings. The first-order chi connectivity index (χ1) is 20.4. The monoisotopic (exact) mass is 665 g/mol. The molecule has 43 heavy (non-hydrogen) atoms. The van der Waals surface area contributed by atoms with Crippen LogP contribution in [0, 0.1) is 6.92 Å². The quantitative estimate of drug-likeness (QED) is 0.248. The average molecular weight is 667 g/mol. The smallest absolute Gasteiger partial charge is 0.264 e. The van der Waals surface area contributed by atoms with Crippen molar-refractivity contribution in [2.45, 2.75) is 63.1 Å². The Labute approximate surface area is 267 Å². The molecule has 1 atom stereocenters. The van der Waals surface area contributed by atoms with Gasteiger partial charge in [0.2, 0.25) is 11.8 Å². The molecule has 0 aliphatic heterocycles. The van der Waals surface area contributed by atoms with E-state index in [1.807, 2.05) is 6.92 Å². The summed E-state index contributed by atoms with van der Waals surface area (Å²) in [5, 5.41) is 3.84. The number of rotatable bonds is 11. The number of sulfonamides is 1. The van der Waals surface area contributed by atoms with Gasteiger partial charge >= 0.3 is 0 Å². The SMILES string of the molecule is COc1ccc(N(CC(=O)N(Cc2c(Cl)cccc2Cl)[C@@H](C)C(=O)NC2CCCC2)S(=O)(=O)c2ccc(C)cc2)cc1Cl. The number of anilines is 1. The fourth-order valence-electron chi connectivity index (χ4n) is 5.00. The fourth-order valence-corrected chi connectivity index (χ4v) is 7.18. The van der Waals surface area contributed by atoms with Gasteiger partial charge in [0, 0.05) is 28.2 Å². The number of benzene rings is 3. The van der Waals surface area contributed by atoms with Gasteiger partial charge in [0.05, 0.1) is 22.7 Å². The lowest BCUT2D eigenvalue weighted by Crippen LogP contribution is -2.52. The normalized spacial score (nSPS) is 14.3. The van der Waals surface area contributed by atoms with Crippen LogP contribution in [0.4, 0.5) is 5.69 Å². The van der Waals surface area contributed by atoms with Gasteiger partial charge in [-0.05, 0) is 69.2 Å². The van der Waals surface area contributed by atoms with Gasteiger partial charge in [-0.15, -0.1) is 0 Å². The topological polar surface area (TPSA) is 96.0 Å². The molecule has 1 aliphatic rings. The Hall–Kier alpha value is -2.98. The van der Waals surface area contributed by atoms with Crippen LogP contribution >= 0.6 is 34.8 Å². The highest BCUT2D eigenvalue weighted by molar-refractivity contribution is 7.92. The molecule has 4 rings (SSSR count). The Morgan fingerprint density at radius 1 is 0.977 bits per heavy atom. The summed E-state index contributed by atoms with van der Waals surface area (Å²) in [5.74, 6) is -0.631. The Kier molecular flexibility index (Phi) is 10.9. The molecule has 3 aromatic rings. The second-order valence-corrected chi connectivity index (χ2v) is 13.6. The van der Waals surface area contributed by atoms with Crippen molar-refractivity contribution in [3.8, 4) is 5.75 Å². The number of hydrogen-bond donors (Lipinski definition) is 1. The summed E-state index contributed by atoms with van der Waals surface area (Å²) < 4.78 is 34.3. The number of carbonyl (C=O) groups is 2. The molecule has 1 saturated carbocycles. The van der Waals surface area contributed by atoms with E-state index in [1.54, 1.807) is 37.3 Å². The van der Waals surface area contributed by atoms with E-state index in [0.717, 1.165) is 35.6 Å². The fraction of sp³-hybridized carbons (Fsp3) is 0.355. The molecule has 8 nitrogen and oxygen atoms in total. The molecule has 0 saturated heterocycles. The first-order valence-corrected chi connectivity index (χ1v) is 16.5. The zero-order valence-corrected chi connectivity index (χ0v) is 27.2. The molecule has 3 aromatic carbocycles. The maximum atomic E-state index is 14.2. The van der Waals surface area contributed by atoms with Crippen LogP contribution in [0.1, 0.15) is 43.7 Å². The molecule has 12 heteroatoms. The summed E-state index contributed by atoms with van der Waals surface area (Å²) in [6, 6.07) is 14.8. The third-order valence-electron chi connectivity index (χ3n) is 7.57. The minimum absolute atomic E-state index is 0.00874. The van der Waals surface area contributed by atoms with Gasteiger partial charge in [-0.3, -0.25) is 13.9 Å². The van der Waals surface area contributed by atoms with E-state index >= 15 is 0 Å². The molecule has 0 heterocycles.